The topological polar surface area (TPSA) is 52.6 Å². The lowest BCUT2D eigenvalue weighted by atomic mass is 9.99. The van der Waals surface area contributed by atoms with Crippen LogP contribution < -0.4 is 5.32 Å². The Morgan fingerprint density at radius 2 is 1.46 bits per heavy atom. The molecule has 0 bridgehead atoms. The highest BCUT2D eigenvalue weighted by molar-refractivity contribution is 9.10. The predicted octanol–water partition coefficient (Wildman–Crippen LogP) is 4.85. The Balaban J connectivity index is 1.52. The lowest BCUT2D eigenvalue weighted by molar-refractivity contribution is -0.157. The normalized spacial score (nSPS) is 16.5. The fraction of sp³-hybridized carbons (Fsp3) is 0.0870. The van der Waals surface area contributed by atoms with E-state index in [9.17, 15) is 10.0 Å². The second kappa shape index (κ2) is 8.00. The highest BCUT2D eigenvalue weighted by Crippen LogP contribution is 2.23. The standard InChI is InChI=1S/C23H19BrN2O2/c24-20-12-10-19(11-13-20)22-15-26(28)23(27)21(25-22)14-16-6-8-18(9-7-16)17-4-2-1-3-5-17/h1-13,15,21,25,28H,14H2. The summed E-state index contributed by atoms with van der Waals surface area (Å²) in [5.41, 5.74) is 4.92. The zero-order chi connectivity index (χ0) is 19.5. The first-order valence-corrected chi connectivity index (χ1v) is 9.80. The minimum Gasteiger partial charge on any atom is -0.372 e. The summed E-state index contributed by atoms with van der Waals surface area (Å²) in [5, 5.41) is 14.0. The van der Waals surface area contributed by atoms with Gasteiger partial charge in [-0.25, -0.2) is 0 Å². The third kappa shape index (κ3) is 4.01. The molecule has 4 rings (SSSR count). The summed E-state index contributed by atoms with van der Waals surface area (Å²) in [4.78, 5) is 12.4. The second-order valence-electron chi connectivity index (χ2n) is 6.70. The molecule has 4 nitrogen and oxygen atoms in total. The van der Waals surface area contributed by atoms with Crippen molar-refractivity contribution in [2.75, 3.05) is 0 Å². The van der Waals surface area contributed by atoms with E-state index in [0.29, 0.717) is 17.2 Å². The summed E-state index contributed by atoms with van der Waals surface area (Å²) in [6.07, 6.45) is 1.90. The zero-order valence-corrected chi connectivity index (χ0v) is 16.6. The van der Waals surface area contributed by atoms with E-state index in [0.717, 1.165) is 26.7 Å². The van der Waals surface area contributed by atoms with Gasteiger partial charge in [0.25, 0.3) is 5.91 Å². The number of carbonyl (C=O) groups is 1. The molecule has 5 heteroatoms. The molecule has 1 heterocycles. The van der Waals surface area contributed by atoms with E-state index < -0.39 is 6.04 Å². The van der Waals surface area contributed by atoms with E-state index in [2.05, 4.69) is 45.5 Å². The zero-order valence-electron chi connectivity index (χ0n) is 15.0. The molecule has 0 radical (unpaired) electrons. The Hall–Kier alpha value is -2.89. The van der Waals surface area contributed by atoms with Crippen molar-refractivity contribution in [3.8, 4) is 11.1 Å². The van der Waals surface area contributed by atoms with E-state index in [-0.39, 0.29) is 5.91 Å². The Morgan fingerprint density at radius 3 is 2.14 bits per heavy atom. The minimum absolute atomic E-state index is 0.368. The maximum Gasteiger partial charge on any atom is 0.272 e. The summed E-state index contributed by atoms with van der Waals surface area (Å²) in [6.45, 7) is 0. The second-order valence-corrected chi connectivity index (χ2v) is 7.61. The SMILES string of the molecule is O=C1C(Cc2ccc(-c3ccccc3)cc2)NC(c2ccc(Br)cc2)=CN1O. The number of hydroxylamine groups is 2. The van der Waals surface area contributed by atoms with Crippen molar-refractivity contribution >= 4 is 27.5 Å². The predicted molar refractivity (Wildman–Crippen MR) is 113 cm³/mol. The average Bonchev–Trinajstić information content (AvgIpc) is 2.73. The van der Waals surface area contributed by atoms with Gasteiger partial charge in [0.15, 0.2) is 0 Å². The number of nitrogens with one attached hydrogen (secondary N) is 1. The molecule has 140 valence electrons. The van der Waals surface area contributed by atoms with Crippen LogP contribution in [0.5, 0.6) is 0 Å². The molecule has 1 unspecified atom stereocenters. The number of carbonyl (C=O) groups excluding carboxylic acids is 1. The van der Waals surface area contributed by atoms with Crippen molar-refractivity contribution in [3.05, 3.63) is 101 Å². The molecule has 28 heavy (non-hydrogen) atoms. The van der Waals surface area contributed by atoms with Crippen molar-refractivity contribution < 1.29 is 10.0 Å². The van der Waals surface area contributed by atoms with Crippen LogP contribution in [0.3, 0.4) is 0 Å². The molecule has 0 fully saturated rings. The van der Waals surface area contributed by atoms with Gasteiger partial charge in [-0.15, -0.1) is 0 Å². The van der Waals surface area contributed by atoms with Gasteiger partial charge in [-0.05, 0) is 34.4 Å². The van der Waals surface area contributed by atoms with Crippen LogP contribution in [-0.4, -0.2) is 22.2 Å². The average molecular weight is 435 g/mol. The molecule has 1 aliphatic rings. The van der Waals surface area contributed by atoms with Gasteiger partial charge in [0.2, 0.25) is 0 Å². The van der Waals surface area contributed by atoms with E-state index >= 15 is 0 Å². The largest absolute Gasteiger partial charge is 0.372 e. The van der Waals surface area contributed by atoms with Crippen molar-refractivity contribution in [2.45, 2.75) is 12.5 Å². The molecule has 1 amide bonds. The van der Waals surface area contributed by atoms with Gasteiger partial charge in [0.05, 0.1) is 11.9 Å². The monoisotopic (exact) mass is 434 g/mol. The third-order valence-corrected chi connectivity index (χ3v) is 5.29. The van der Waals surface area contributed by atoms with Gasteiger partial charge in [0.1, 0.15) is 6.04 Å². The molecule has 2 N–H and O–H groups in total. The lowest BCUT2D eigenvalue weighted by Crippen LogP contribution is -2.48. The Morgan fingerprint density at radius 1 is 0.857 bits per heavy atom. The van der Waals surface area contributed by atoms with Crippen molar-refractivity contribution in [1.82, 2.24) is 10.4 Å². The van der Waals surface area contributed by atoms with Crippen LogP contribution in [0.25, 0.3) is 16.8 Å². The minimum atomic E-state index is -0.531. The number of nitrogens with zero attached hydrogens (tertiary/aromatic N) is 1. The van der Waals surface area contributed by atoms with Crippen LogP contribution in [0.1, 0.15) is 11.1 Å². The fourth-order valence-corrected chi connectivity index (χ4v) is 3.52. The van der Waals surface area contributed by atoms with Crippen molar-refractivity contribution in [1.29, 1.82) is 0 Å². The van der Waals surface area contributed by atoms with Gasteiger partial charge >= 0.3 is 0 Å². The maximum atomic E-state index is 12.4. The molecule has 0 aliphatic carbocycles. The van der Waals surface area contributed by atoms with Gasteiger partial charge in [0, 0.05) is 10.9 Å². The summed E-state index contributed by atoms with van der Waals surface area (Å²) < 4.78 is 0.972. The molecule has 0 saturated carbocycles. The lowest BCUT2D eigenvalue weighted by Gasteiger charge is -2.29. The summed E-state index contributed by atoms with van der Waals surface area (Å²) in [7, 11) is 0. The summed E-state index contributed by atoms with van der Waals surface area (Å²) >= 11 is 3.42. The molecule has 0 spiro atoms. The van der Waals surface area contributed by atoms with E-state index in [1.165, 1.54) is 6.20 Å². The number of hydrogen-bond donors (Lipinski definition) is 2. The number of rotatable bonds is 4. The quantitative estimate of drug-likeness (QED) is 0.577. The Labute approximate surface area is 172 Å². The highest BCUT2D eigenvalue weighted by atomic mass is 79.9. The molecule has 1 atom stereocenters. The van der Waals surface area contributed by atoms with Gasteiger partial charge < -0.3 is 5.32 Å². The molecule has 0 saturated heterocycles. The summed E-state index contributed by atoms with van der Waals surface area (Å²) in [6, 6.07) is 25.5. The molecule has 3 aromatic carbocycles. The van der Waals surface area contributed by atoms with Crippen LogP contribution in [0.2, 0.25) is 0 Å². The molecule has 3 aromatic rings. The van der Waals surface area contributed by atoms with Gasteiger partial charge in [-0.2, -0.15) is 5.06 Å². The van der Waals surface area contributed by atoms with Crippen molar-refractivity contribution in [3.63, 3.8) is 0 Å². The molecular weight excluding hydrogens is 416 g/mol. The van der Waals surface area contributed by atoms with Crippen LogP contribution in [0.15, 0.2) is 89.5 Å². The highest BCUT2D eigenvalue weighted by Gasteiger charge is 2.28. The van der Waals surface area contributed by atoms with Crippen LogP contribution >= 0.6 is 15.9 Å². The number of hydrogen-bond acceptors (Lipinski definition) is 3. The van der Waals surface area contributed by atoms with Gasteiger partial charge in [-0.1, -0.05) is 82.7 Å². The van der Waals surface area contributed by atoms with Crippen LogP contribution in [0, 0.1) is 0 Å². The number of amides is 1. The first-order chi connectivity index (χ1) is 13.6. The maximum absolute atomic E-state index is 12.4. The van der Waals surface area contributed by atoms with Crippen LogP contribution in [-0.2, 0) is 11.2 Å². The molecule has 1 aliphatic heterocycles. The Kier molecular flexibility index (Phi) is 5.28. The summed E-state index contributed by atoms with van der Waals surface area (Å²) in [5.74, 6) is -0.368. The van der Waals surface area contributed by atoms with E-state index in [1.54, 1.807) is 0 Å². The number of benzene rings is 3. The molecule has 0 aromatic heterocycles. The third-order valence-electron chi connectivity index (χ3n) is 4.76. The van der Waals surface area contributed by atoms with Gasteiger partial charge in [-0.3, -0.25) is 10.0 Å². The molecular formula is C23H19BrN2O2. The van der Waals surface area contributed by atoms with Crippen LogP contribution in [0.4, 0.5) is 0 Å². The van der Waals surface area contributed by atoms with E-state index in [1.807, 2.05) is 54.6 Å². The first-order valence-electron chi connectivity index (χ1n) is 9.01. The fourth-order valence-electron chi connectivity index (χ4n) is 3.26. The Bertz CT molecular complexity index is 999. The number of halogens is 1. The smallest absolute Gasteiger partial charge is 0.272 e. The van der Waals surface area contributed by atoms with Crippen molar-refractivity contribution in [2.24, 2.45) is 0 Å². The first kappa shape index (κ1) is 18.5. The van der Waals surface area contributed by atoms with E-state index in [4.69, 9.17) is 0 Å².